The minimum atomic E-state index is -4.26. The van der Waals surface area contributed by atoms with Crippen molar-refractivity contribution in [1.29, 1.82) is 0 Å². The molecule has 104 valence electrons. The first-order valence-corrected chi connectivity index (χ1v) is 6.41. The van der Waals surface area contributed by atoms with Crippen LogP contribution in [0.15, 0.2) is 18.3 Å². The maximum absolute atomic E-state index is 11.9. The summed E-state index contributed by atoms with van der Waals surface area (Å²) in [5.41, 5.74) is -0.273. The van der Waals surface area contributed by atoms with E-state index in [1.165, 1.54) is 39.0 Å². The molecule has 1 aromatic rings. The Labute approximate surface area is 107 Å². The van der Waals surface area contributed by atoms with Gasteiger partial charge in [0.2, 0.25) is 0 Å². The Hall–Kier alpha value is -1.06. The molecule has 0 saturated heterocycles. The molecular formula is C14H22F3N. The lowest BCUT2D eigenvalue weighted by molar-refractivity contribution is -0.137. The number of rotatable bonds is 4. The second-order valence-electron chi connectivity index (χ2n) is 4.24. The summed E-state index contributed by atoms with van der Waals surface area (Å²) in [6.07, 6.45) is 3.90. The van der Waals surface area contributed by atoms with Crippen molar-refractivity contribution in [2.45, 2.75) is 59.1 Å². The third-order valence-corrected chi connectivity index (χ3v) is 2.43. The first kappa shape index (κ1) is 16.9. The molecule has 0 unspecified atom stereocenters. The van der Waals surface area contributed by atoms with Gasteiger partial charge in [0.05, 0.1) is 5.56 Å². The average Bonchev–Trinajstić information content (AvgIpc) is 2.29. The minimum Gasteiger partial charge on any atom is -0.262 e. The molecule has 1 aromatic heterocycles. The Kier molecular flexibility index (Phi) is 8.42. The standard InChI is InChI=1S/C7H6F3N.C7H16/c1-5-4-6(2-3-11-5)7(8,9)10;1-3-5-7-6-4-2/h2-4H,1H3;3-7H2,1-2H3. The lowest BCUT2D eigenvalue weighted by Crippen LogP contribution is -2.05. The number of pyridine rings is 1. The number of unbranched alkanes of at least 4 members (excludes halogenated alkanes) is 4. The van der Waals surface area contributed by atoms with Gasteiger partial charge in [0.25, 0.3) is 0 Å². The van der Waals surface area contributed by atoms with Gasteiger partial charge >= 0.3 is 6.18 Å². The van der Waals surface area contributed by atoms with Crippen LogP contribution < -0.4 is 0 Å². The van der Waals surface area contributed by atoms with E-state index >= 15 is 0 Å². The smallest absolute Gasteiger partial charge is 0.262 e. The molecule has 0 saturated carbocycles. The van der Waals surface area contributed by atoms with Gasteiger partial charge in [0.15, 0.2) is 0 Å². The van der Waals surface area contributed by atoms with Gasteiger partial charge in [-0.3, -0.25) is 4.98 Å². The quantitative estimate of drug-likeness (QED) is 0.662. The van der Waals surface area contributed by atoms with Gasteiger partial charge in [-0.15, -0.1) is 0 Å². The van der Waals surface area contributed by atoms with Crippen LogP contribution in [0.2, 0.25) is 0 Å². The van der Waals surface area contributed by atoms with E-state index in [0.717, 1.165) is 18.3 Å². The Balaban J connectivity index is 0.000000360. The van der Waals surface area contributed by atoms with Gasteiger partial charge in [-0.1, -0.05) is 46.0 Å². The average molecular weight is 261 g/mol. The van der Waals surface area contributed by atoms with Crippen molar-refractivity contribution in [2.75, 3.05) is 0 Å². The molecule has 0 aromatic carbocycles. The Morgan fingerprint density at radius 1 is 1.06 bits per heavy atom. The molecule has 0 N–H and O–H groups in total. The van der Waals surface area contributed by atoms with Crippen molar-refractivity contribution < 1.29 is 13.2 Å². The highest BCUT2D eigenvalue weighted by Crippen LogP contribution is 2.28. The molecule has 0 radical (unpaired) electrons. The van der Waals surface area contributed by atoms with Crippen molar-refractivity contribution in [3.63, 3.8) is 0 Å². The minimum absolute atomic E-state index is 0.375. The van der Waals surface area contributed by atoms with Gasteiger partial charge in [0.1, 0.15) is 0 Å². The van der Waals surface area contributed by atoms with E-state index in [-0.39, 0.29) is 0 Å². The molecule has 18 heavy (non-hydrogen) atoms. The van der Waals surface area contributed by atoms with Crippen molar-refractivity contribution in [1.82, 2.24) is 4.98 Å². The molecule has 0 atom stereocenters. The number of alkyl halides is 3. The summed E-state index contributed by atoms with van der Waals surface area (Å²) < 4.78 is 35.8. The number of aromatic nitrogens is 1. The van der Waals surface area contributed by atoms with Crippen molar-refractivity contribution >= 4 is 0 Å². The molecule has 1 heterocycles. The maximum atomic E-state index is 11.9. The fourth-order valence-corrected chi connectivity index (χ4v) is 1.40. The van der Waals surface area contributed by atoms with E-state index in [9.17, 15) is 13.2 Å². The highest BCUT2D eigenvalue weighted by Gasteiger charge is 2.30. The number of halogens is 3. The summed E-state index contributed by atoms with van der Waals surface area (Å²) in [7, 11) is 0. The van der Waals surface area contributed by atoms with Crippen LogP contribution in [0.4, 0.5) is 13.2 Å². The van der Waals surface area contributed by atoms with Crippen LogP contribution in [0, 0.1) is 6.92 Å². The third kappa shape index (κ3) is 8.09. The van der Waals surface area contributed by atoms with E-state index < -0.39 is 11.7 Å². The first-order chi connectivity index (χ1) is 8.41. The largest absolute Gasteiger partial charge is 0.416 e. The first-order valence-electron chi connectivity index (χ1n) is 6.41. The lowest BCUT2D eigenvalue weighted by Gasteiger charge is -2.05. The van der Waals surface area contributed by atoms with Crippen LogP contribution in [0.25, 0.3) is 0 Å². The second-order valence-corrected chi connectivity index (χ2v) is 4.24. The molecule has 0 amide bonds. The number of hydrogen-bond acceptors (Lipinski definition) is 1. The Bertz CT molecular complexity index is 317. The SMILES string of the molecule is CCCCCCC.Cc1cc(C(F)(F)F)ccn1. The van der Waals surface area contributed by atoms with E-state index in [2.05, 4.69) is 18.8 Å². The topological polar surface area (TPSA) is 12.9 Å². The number of aryl methyl sites for hydroxylation is 1. The second kappa shape index (κ2) is 8.95. The van der Waals surface area contributed by atoms with E-state index in [4.69, 9.17) is 0 Å². The Morgan fingerprint density at radius 2 is 1.61 bits per heavy atom. The number of hydrogen-bond donors (Lipinski definition) is 0. The monoisotopic (exact) mass is 261 g/mol. The zero-order valence-corrected chi connectivity index (χ0v) is 11.3. The van der Waals surface area contributed by atoms with Crippen LogP contribution in [0.5, 0.6) is 0 Å². The molecule has 0 bridgehead atoms. The predicted molar refractivity (Wildman–Crippen MR) is 68.4 cm³/mol. The van der Waals surface area contributed by atoms with Crippen molar-refractivity contribution in [2.24, 2.45) is 0 Å². The zero-order chi connectivity index (χ0) is 14.0. The van der Waals surface area contributed by atoms with Crippen LogP contribution in [-0.4, -0.2) is 4.98 Å². The predicted octanol–water partition coefficient (Wildman–Crippen LogP) is 5.39. The highest BCUT2D eigenvalue weighted by atomic mass is 19.4. The van der Waals surface area contributed by atoms with Gasteiger partial charge in [0, 0.05) is 11.9 Å². The zero-order valence-electron chi connectivity index (χ0n) is 11.3. The number of nitrogens with zero attached hydrogens (tertiary/aromatic N) is 1. The molecule has 4 heteroatoms. The van der Waals surface area contributed by atoms with Crippen LogP contribution in [0.1, 0.15) is 57.2 Å². The molecule has 1 rings (SSSR count). The summed E-state index contributed by atoms with van der Waals surface area (Å²) in [4.78, 5) is 3.65. The van der Waals surface area contributed by atoms with Gasteiger partial charge in [-0.25, -0.2) is 0 Å². The summed E-state index contributed by atoms with van der Waals surface area (Å²) in [5.74, 6) is 0. The molecule has 0 aliphatic heterocycles. The van der Waals surface area contributed by atoms with E-state index in [0.29, 0.717) is 5.69 Å². The van der Waals surface area contributed by atoms with Crippen LogP contribution >= 0.6 is 0 Å². The molecule has 0 fully saturated rings. The Morgan fingerprint density at radius 3 is 1.94 bits per heavy atom. The fraction of sp³-hybridized carbons (Fsp3) is 0.643. The van der Waals surface area contributed by atoms with Crippen LogP contribution in [0.3, 0.4) is 0 Å². The van der Waals surface area contributed by atoms with Gasteiger partial charge in [-0.05, 0) is 19.1 Å². The molecule has 0 spiro atoms. The summed E-state index contributed by atoms with van der Waals surface area (Å²) >= 11 is 0. The summed E-state index contributed by atoms with van der Waals surface area (Å²) in [6, 6.07) is 1.97. The van der Waals surface area contributed by atoms with E-state index in [1.54, 1.807) is 0 Å². The summed E-state index contributed by atoms with van der Waals surface area (Å²) in [5, 5.41) is 0. The molecule has 0 aliphatic carbocycles. The lowest BCUT2D eigenvalue weighted by atomic mass is 10.2. The van der Waals surface area contributed by atoms with Crippen molar-refractivity contribution in [3.8, 4) is 0 Å². The molecular weight excluding hydrogens is 239 g/mol. The van der Waals surface area contributed by atoms with Crippen LogP contribution in [-0.2, 0) is 6.18 Å². The van der Waals surface area contributed by atoms with Crippen molar-refractivity contribution in [3.05, 3.63) is 29.6 Å². The molecule has 0 aliphatic rings. The molecule has 1 nitrogen and oxygen atoms in total. The van der Waals surface area contributed by atoms with E-state index in [1.807, 2.05) is 0 Å². The maximum Gasteiger partial charge on any atom is 0.416 e. The van der Waals surface area contributed by atoms with Gasteiger partial charge < -0.3 is 0 Å². The normalized spacial score (nSPS) is 10.8. The highest BCUT2D eigenvalue weighted by molar-refractivity contribution is 5.18. The summed E-state index contributed by atoms with van der Waals surface area (Å²) in [6.45, 7) is 6.01. The van der Waals surface area contributed by atoms with Gasteiger partial charge in [-0.2, -0.15) is 13.2 Å². The fourth-order valence-electron chi connectivity index (χ4n) is 1.40. The third-order valence-electron chi connectivity index (χ3n) is 2.43.